The molecule has 0 aromatic carbocycles. The van der Waals surface area contributed by atoms with Crippen LogP contribution in [0.5, 0.6) is 0 Å². The summed E-state index contributed by atoms with van der Waals surface area (Å²) in [5.41, 5.74) is -0.992. The minimum Gasteiger partial charge on any atom is -0.462 e. The van der Waals surface area contributed by atoms with Crippen molar-refractivity contribution in [3.05, 3.63) is 23.8 Å². The molecule has 0 saturated heterocycles. The number of hydrogen-bond donors (Lipinski definition) is 0. The Bertz CT molecular complexity index is 455. The van der Waals surface area contributed by atoms with E-state index in [1.165, 1.54) is 0 Å². The summed E-state index contributed by atoms with van der Waals surface area (Å²) in [7, 11) is 0. The number of hydrogen-bond acceptors (Lipinski definition) is 5. The van der Waals surface area contributed by atoms with Crippen molar-refractivity contribution in [3.63, 3.8) is 0 Å². The zero-order valence-electron chi connectivity index (χ0n) is 12.5. The molecule has 0 unspecified atom stereocenters. The molecule has 0 atom stereocenters. The Morgan fingerprint density at radius 3 is 2.35 bits per heavy atom. The number of carbonyl (C=O) groups excluding carboxylic acids is 2. The predicted octanol–water partition coefficient (Wildman–Crippen LogP) is 2.68. The topological polar surface area (TPSA) is 76.4 Å². The predicted molar refractivity (Wildman–Crippen MR) is 74.5 cm³/mol. The molecule has 0 radical (unpaired) electrons. The van der Waals surface area contributed by atoms with Gasteiger partial charge in [0.05, 0.1) is 12.2 Å². The van der Waals surface area contributed by atoms with Gasteiger partial charge in [0.1, 0.15) is 17.2 Å². The Morgan fingerprint density at radius 2 is 1.90 bits per heavy atom. The maximum atomic E-state index is 11.9. The lowest BCUT2D eigenvalue weighted by Gasteiger charge is -2.24. The third-order valence-corrected chi connectivity index (χ3v) is 2.42. The van der Waals surface area contributed by atoms with Gasteiger partial charge < -0.3 is 9.47 Å². The first-order valence-corrected chi connectivity index (χ1v) is 6.48. The molecule has 0 bridgehead atoms. The van der Waals surface area contributed by atoms with Crippen LogP contribution >= 0.6 is 0 Å². The highest BCUT2D eigenvalue weighted by Crippen LogP contribution is 2.18. The van der Waals surface area contributed by atoms with Crippen LogP contribution in [0.3, 0.4) is 0 Å². The molecule has 0 amide bonds. The molecule has 0 aliphatic carbocycles. The Kier molecular flexibility index (Phi) is 7.30. The van der Waals surface area contributed by atoms with E-state index in [9.17, 15) is 9.59 Å². The van der Waals surface area contributed by atoms with Crippen LogP contribution < -0.4 is 0 Å². The Morgan fingerprint density at radius 1 is 1.30 bits per heavy atom. The van der Waals surface area contributed by atoms with Crippen molar-refractivity contribution < 1.29 is 19.1 Å². The van der Waals surface area contributed by atoms with Crippen LogP contribution in [0.15, 0.2) is 23.8 Å². The lowest BCUT2D eigenvalue weighted by atomic mass is 10.0. The van der Waals surface area contributed by atoms with Crippen molar-refractivity contribution in [3.8, 4) is 6.07 Å². The molecule has 0 fully saturated rings. The first-order chi connectivity index (χ1) is 9.27. The summed E-state index contributed by atoms with van der Waals surface area (Å²) >= 11 is 0. The van der Waals surface area contributed by atoms with Gasteiger partial charge in [-0.1, -0.05) is 19.9 Å². The third-order valence-electron chi connectivity index (χ3n) is 2.42. The van der Waals surface area contributed by atoms with E-state index in [1.54, 1.807) is 26.8 Å². The van der Waals surface area contributed by atoms with E-state index in [4.69, 9.17) is 14.7 Å². The summed E-state index contributed by atoms with van der Waals surface area (Å²) in [5.74, 6) is -1.43. The summed E-state index contributed by atoms with van der Waals surface area (Å²) in [6.45, 7) is 10.8. The van der Waals surface area contributed by atoms with Gasteiger partial charge in [0.25, 0.3) is 0 Å². The first kappa shape index (κ1) is 17.9. The summed E-state index contributed by atoms with van der Waals surface area (Å²) < 4.78 is 9.97. The lowest BCUT2D eigenvalue weighted by molar-refractivity contribution is -0.151. The van der Waals surface area contributed by atoms with E-state index < -0.39 is 17.5 Å². The number of esters is 2. The molecule has 0 spiro atoms. The van der Waals surface area contributed by atoms with Crippen LogP contribution in [-0.2, 0) is 19.1 Å². The Balaban J connectivity index is 4.93. The van der Waals surface area contributed by atoms with Crippen molar-refractivity contribution in [2.75, 3.05) is 6.61 Å². The standard InChI is InChI=1S/C15H21NO4/c1-6-8-15(4,5)20-14(18)12(10-16)9-11(3)13(17)19-7-2/h9H,3,6-8H2,1-2,4-5H3/b12-9-. The van der Waals surface area contributed by atoms with E-state index in [0.717, 1.165) is 12.5 Å². The van der Waals surface area contributed by atoms with Crippen LogP contribution in [0, 0.1) is 11.3 Å². The molecule has 0 rings (SSSR count). The average molecular weight is 279 g/mol. The Hall–Kier alpha value is -2.09. The normalized spacial score (nSPS) is 11.4. The number of nitriles is 1. The SMILES string of the molecule is C=C(/C=C(/C#N)C(=O)OC(C)(C)CCC)C(=O)OCC. The highest BCUT2D eigenvalue weighted by atomic mass is 16.6. The zero-order chi connectivity index (χ0) is 15.8. The molecule has 0 aromatic rings. The van der Waals surface area contributed by atoms with E-state index in [2.05, 4.69) is 6.58 Å². The van der Waals surface area contributed by atoms with Crippen molar-refractivity contribution in [1.82, 2.24) is 0 Å². The van der Waals surface area contributed by atoms with Crippen LogP contribution in [0.2, 0.25) is 0 Å². The number of rotatable bonds is 7. The molecule has 20 heavy (non-hydrogen) atoms. The molecule has 110 valence electrons. The van der Waals surface area contributed by atoms with Gasteiger partial charge in [-0.15, -0.1) is 0 Å². The second-order valence-electron chi connectivity index (χ2n) is 4.81. The van der Waals surface area contributed by atoms with Gasteiger partial charge in [-0.05, 0) is 33.3 Å². The van der Waals surface area contributed by atoms with Gasteiger partial charge >= 0.3 is 11.9 Å². The highest BCUT2D eigenvalue weighted by Gasteiger charge is 2.24. The minimum atomic E-state index is -0.767. The van der Waals surface area contributed by atoms with Gasteiger partial charge in [0, 0.05) is 0 Å². The van der Waals surface area contributed by atoms with Crippen molar-refractivity contribution in [2.24, 2.45) is 0 Å². The summed E-state index contributed by atoms with van der Waals surface area (Å²) in [5, 5.41) is 8.97. The fourth-order valence-electron chi connectivity index (χ4n) is 1.55. The molecule has 5 nitrogen and oxygen atoms in total. The van der Waals surface area contributed by atoms with Gasteiger partial charge in [-0.3, -0.25) is 0 Å². The molecule has 5 heteroatoms. The van der Waals surface area contributed by atoms with E-state index in [0.29, 0.717) is 6.42 Å². The summed E-state index contributed by atoms with van der Waals surface area (Å²) in [4.78, 5) is 23.3. The van der Waals surface area contributed by atoms with E-state index in [-0.39, 0.29) is 17.8 Å². The maximum absolute atomic E-state index is 11.9. The monoisotopic (exact) mass is 279 g/mol. The maximum Gasteiger partial charge on any atom is 0.349 e. The van der Waals surface area contributed by atoms with Crippen LogP contribution in [0.1, 0.15) is 40.5 Å². The van der Waals surface area contributed by atoms with Gasteiger partial charge in [0.2, 0.25) is 0 Å². The zero-order valence-corrected chi connectivity index (χ0v) is 12.5. The van der Waals surface area contributed by atoms with E-state index in [1.807, 2.05) is 6.92 Å². The van der Waals surface area contributed by atoms with Crippen LogP contribution in [0.4, 0.5) is 0 Å². The third kappa shape index (κ3) is 6.19. The van der Waals surface area contributed by atoms with Gasteiger partial charge in [-0.2, -0.15) is 5.26 Å². The summed E-state index contributed by atoms with van der Waals surface area (Å²) in [6, 6.07) is 1.71. The molecule has 0 aliphatic heterocycles. The Labute approximate surface area is 119 Å². The second-order valence-corrected chi connectivity index (χ2v) is 4.81. The largest absolute Gasteiger partial charge is 0.462 e. The number of carbonyl (C=O) groups is 2. The number of ether oxygens (including phenoxy) is 2. The quantitative estimate of drug-likeness (QED) is 0.310. The lowest BCUT2D eigenvalue weighted by Crippen LogP contribution is -2.28. The molecule has 0 aromatic heterocycles. The van der Waals surface area contributed by atoms with Crippen LogP contribution in [-0.4, -0.2) is 24.1 Å². The van der Waals surface area contributed by atoms with Gasteiger partial charge in [0.15, 0.2) is 0 Å². The summed E-state index contributed by atoms with van der Waals surface area (Å²) in [6.07, 6.45) is 2.61. The van der Waals surface area contributed by atoms with Gasteiger partial charge in [-0.25, -0.2) is 9.59 Å². The van der Waals surface area contributed by atoms with Crippen molar-refractivity contribution in [1.29, 1.82) is 5.26 Å². The van der Waals surface area contributed by atoms with Crippen LogP contribution in [0.25, 0.3) is 0 Å². The molecular formula is C15H21NO4. The fourth-order valence-corrected chi connectivity index (χ4v) is 1.55. The molecule has 0 heterocycles. The smallest absolute Gasteiger partial charge is 0.349 e. The van der Waals surface area contributed by atoms with Crippen molar-refractivity contribution >= 4 is 11.9 Å². The molecule has 0 saturated carbocycles. The highest BCUT2D eigenvalue weighted by molar-refractivity contribution is 5.98. The second kappa shape index (κ2) is 8.16. The molecular weight excluding hydrogens is 258 g/mol. The van der Waals surface area contributed by atoms with Crippen molar-refractivity contribution in [2.45, 2.75) is 46.1 Å². The molecule has 0 N–H and O–H groups in total. The number of nitrogens with zero attached hydrogens (tertiary/aromatic N) is 1. The average Bonchev–Trinajstić information content (AvgIpc) is 2.34. The molecule has 0 aliphatic rings. The minimum absolute atomic E-state index is 0.0614. The first-order valence-electron chi connectivity index (χ1n) is 6.48. The fraction of sp³-hybridized carbons (Fsp3) is 0.533. The van der Waals surface area contributed by atoms with E-state index >= 15 is 0 Å².